The number of hydrogen-bond donors (Lipinski definition) is 1. The van der Waals surface area contributed by atoms with Gasteiger partial charge in [0.2, 0.25) is 0 Å². The molecule has 1 aliphatic heterocycles. The molecule has 0 aliphatic carbocycles. The molecular formula is C14H19BrN2O. The fourth-order valence-corrected chi connectivity index (χ4v) is 2.56. The number of nitrogens with zero attached hydrogens (tertiary/aromatic N) is 1. The molecule has 0 aromatic heterocycles. The molecule has 1 aromatic rings. The van der Waals surface area contributed by atoms with Crippen LogP contribution >= 0.6 is 15.9 Å². The van der Waals surface area contributed by atoms with Gasteiger partial charge in [-0.2, -0.15) is 0 Å². The highest BCUT2D eigenvalue weighted by molar-refractivity contribution is 9.10. The predicted octanol–water partition coefficient (Wildman–Crippen LogP) is 2.77. The monoisotopic (exact) mass is 310 g/mol. The van der Waals surface area contributed by atoms with E-state index in [-0.39, 0.29) is 0 Å². The van der Waals surface area contributed by atoms with Crippen molar-refractivity contribution in [3.05, 3.63) is 40.5 Å². The van der Waals surface area contributed by atoms with Crippen molar-refractivity contribution in [2.24, 2.45) is 0 Å². The molecule has 1 heterocycles. The summed E-state index contributed by atoms with van der Waals surface area (Å²) in [6, 6.07) is 6.68. The number of rotatable bonds is 5. The Morgan fingerprint density at radius 2 is 2.33 bits per heavy atom. The highest BCUT2D eigenvalue weighted by Crippen LogP contribution is 2.25. The minimum Gasteiger partial charge on any atom is -0.496 e. The zero-order valence-corrected chi connectivity index (χ0v) is 12.4. The summed E-state index contributed by atoms with van der Waals surface area (Å²) in [6.07, 6.45) is 4.25. The molecule has 0 saturated heterocycles. The molecule has 2 rings (SSSR count). The maximum atomic E-state index is 5.44. The van der Waals surface area contributed by atoms with Crippen molar-refractivity contribution in [3.63, 3.8) is 0 Å². The van der Waals surface area contributed by atoms with Gasteiger partial charge in [0.25, 0.3) is 0 Å². The van der Waals surface area contributed by atoms with E-state index in [1.165, 1.54) is 5.56 Å². The largest absolute Gasteiger partial charge is 0.496 e. The van der Waals surface area contributed by atoms with Crippen LogP contribution in [0.4, 0.5) is 0 Å². The van der Waals surface area contributed by atoms with E-state index in [2.05, 4.69) is 51.3 Å². The second-order valence-corrected chi connectivity index (χ2v) is 5.27. The standard InChI is InChI=1S/C14H19BrN2O/c1-3-17(13-6-7-16-9-13)10-11-4-5-12(15)8-14(11)18-2/h4-8,13,16H,3,9-10H2,1-2H3/t13-/m1/s1. The number of methoxy groups -OCH3 is 1. The van der Waals surface area contributed by atoms with Crippen LogP contribution in [0, 0.1) is 0 Å². The molecule has 1 aliphatic rings. The molecule has 0 bridgehead atoms. The molecule has 0 spiro atoms. The number of likely N-dealkylation sites (N-methyl/N-ethyl adjacent to an activating group) is 1. The van der Waals surface area contributed by atoms with Crippen LogP contribution in [0.1, 0.15) is 12.5 Å². The molecule has 0 unspecified atom stereocenters. The van der Waals surface area contributed by atoms with Gasteiger partial charge in [-0.05, 0) is 31.0 Å². The molecule has 1 N–H and O–H groups in total. The average molecular weight is 311 g/mol. The quantitative estimate of drug-likeness (QED) is 0.905. The van der Waals surface area contributed by atoms with Gasteiger partial charge in [-0.25, -0.2) is 0 Å². The van der Waals surface area contributed by atoms with Crippen molar-refractivity contribution in [3.8, 4) is 5.75 Å². The maximum Gasteiger partial charge on any atom is 0.124 e. The summed E-state index contributed by atoms with van der Waals surface area (Å²) in [6.45, 7) is 5.11. The van der Waals surface area contributed by atoms with E-state index in [1.807, 2.05) is 12.3 Å². The average Bonchev–Trinajstić information content (AvgIpc) is 2.91. The van der Waals surface area contributed by atoms with Crippen LogP contribution in [0.25, 0.3) is 0 Å². The van der Waals surface area contributed by atoms with Crippen molar-refractivity contribution < 1.29 is 4.74 Å². The van der Waals surface area contributed by atoms with Crippen LogP contribution in [0.15, 0.2) is 34.9 Å². The third kappa shape index (κ3) is 3.06. The number of halogens is 1. The highest BCUT2D eigenvalue weighted by atomic mass is 79.9. The van der Waals surface area contributed by atoms with E-state index < -0.39 is 0 Å². The van der Waals surface area contributed by atoms with Gasteiger partial charge in [0.1, 0.15) is 5.75 Å². The first-order chi connectivity index (χ1) is 8.74. The lowest BCUT2D eigenvalue weighted by Crippen LogP contribution is -2.36. The van der Waals surface area contributed by atoms with Crippen LogP contribution in [0.5, 0.6) is 5.75 Å². The topological polar surface area (TPSA) is 24.5 Å². The number of hydrogen-bond acceptors (Lipinski definition) is 3. The van der Waals surface area contributed by atoms with Gasteiger partial charge in [0.05, 0.1) is 7.11 Å². The molecule has 0 saturated carbocycles. The Labute approximate surface area is 117 Å². The fourth-order valence-electron chi connectivity index (χ4n) is 2.22. The van der Waals surface area contributed by atoms with Crippen molar-refractivity contribution in [1.82, 2.24) is 10.2 Å². The molecule has 0 radical (unpaired) electrons. The molecule has 3 nitrogen and oxygen atoms in total. The summed E-state index contributed by atoms with van der Waals surface area (Å²) < 4.78 is 6.49. The summed E-state index contributed by atoms with van der Waals surface area (Å²) in [5.41, 5.74) is 1.22. The normalized spacial score (nSPS) is 18.1. The Balaban J connectivity index is 2.13. The van der Waals surface area contributed by atoms with Crippen LogP contribution in [-0.4, -0.2) is 31.1 Å². The summed E-state index contributed by atoms with van der Waals surface area (Å²) in [5, 5.41) is 3.25. The van der Waals surface area contributed by atoms with Gasteiger partial charge in [-0.3, -0.25) is 4.90 Å². The summed E-state index contributed by atoms with van der Waals surface area (Å²) in [7, 11) is 1.72. The lowest BCUT2D eigenvalue weighted by molar-refractivity contribution is 0.234. The first-order valence-corrected chi connectivity index (χ1v) is 7.00. The second kappa shape index (κ2) is 6.25. The van der Waals surface area contributed by atoms with Gasteiger partial charge in [0, 0.05) is 29.2 Å². The highest BCUT2D eigenvalue weighted by Gasteiger charge is 2.18. The molecule has 18 heavy (non-hydrogen) atoms. The third-order valence-electron chi connectivity index (χ3n) is 3.26. The Morgan fingerprint density at radius 3 is 2.94 bits per heavy atom. The Morgan fingerprint density at radius 1 is 1.50 bits per heavy atom. The predicted molar refractivity (Wildman–Crippen MR) is 77.7 cm³/mol. The summed E-state index contributed by atoms with van der Waals surface area (Å²) in [4.78, 5) is 2.43. The molecule has 0 amide bonds. The van der Waals surface area contributed by atoms with Crippen LogP contribution in [-0.2, 0) is 6.54 Å². The van der Waals surface area contributed by atoms with Gasteiger partial charge in [-0.15, -0.1) is 0 Å². The van der Waals surface area contributed by atoms with Crippen molar-refractivity contribution in [2.45, 2.75) is 19.5 Å². The van der Waals surface area contributed by atoms with Gasteiger partial charge < -0.3 is 10.1 Å². The van der Waals surface area contributed by atoms with E-state index in [4.69, 9.17) is 4.74 Å². The summed E-state index contributed by atoms with van der Waals surface area (Å²) >= 11 is 3.47. The van der Waals surface area contributed by atoms with E-state index in [0.29, 0.717) is 6.04 Å². The van der Waals surface area contributed by atoms with Crippen molar-refractivity contribution in [2.75, 3.05) is 20.2 Å². The van der Waals surface area contributed by atoms with Crippen LogP contribution in [0.3, 0.4) is 0 Å². The first kappa shape index (κ1) is 13.4. The Kier molecular flexibility index (Phi) is 4.66. The van der Waals surface area contributed by atoms with E-state index in [1.54, 1.807) is 7.11 Å². The second-order valence-electron chi connectivity index (χ2n) is 4.35. The fraction of sp³-hybridized carbons (Fsp3) is 0.429. The molecule has 1 aromatic carbocycles. The minimum absolute atomic E-state index is 0.475. The third-order valence-corrected chi connectivity index (χ3v) is 3.75. The molecule has 4 heteroatoms. The molecule has 0 fully saturated rings. The number of ether oxygens (including phenoxy) is 1. The van der Waals surface area contributed by atoms with Crippen LogP contribution in [0.2, 0.25) is 0 Å². The molecular weight excluding hydrogens is 292 g/mol. The lowest BCUT2D eigenvalue weighted by Gasteiger charge is -2.26. The molecule has 1 atom stereocenters. The Hall–Kier alpha value is -1.00. The smallest absolute Gasteiger partial charge is 0.124 e. The zero-order valence-electron chi connectivity index (χ0n) is 10.8. The Bertz CT molecular complexity index is 434. The SMILES string of the molecule is CCN(Cc1ccc(Br)cc1OC)[C@@H]1C=CNC1. The zero-order chi connectivity index (χ0) is 13.0. The molecule has 98 valence electrons. The van der Waals surface area contributed by atoms with Gasteiger partial charge >= 0.3 is 0 Å². The van der Waals surface area contributed by atoms with E-state index >= 15 is 0 Å². The van der Waals surface area contributed by atoms with Crippen molar-refractivity contribution in [1.29, 1.82) is 0 Å². The summed E-state index contributed by atoms with van der Waals surface area (Å²) in [5.74, 6) is 0.942. The van der Waals surface area contributed by atoms with Gasteiger partial charge in [0.15, 0.2) is 0 Å². The minimum atomic E-state index is 0.475. The van der Waals surface area contributed by atoms with Crippen molar-refractivity contribution >= 4 is 15.9 Å². The lowest BCUT2D eigenvalue weighted by atomic mass is 10.1. The number of nitrogens with one attached hydrogen (secondary N) is 1. The van der Waals surface area contributed by atoms with Gasteiger partial charge in [-0.1, -0.05) is 28.9 Å². The first-order valence-electron chi connectivity index (χ1n) is 6.21. The van der Waals surface area contributed by atoms with E-state index in [0.717, 1.165) is 29.9 Å². The van der Waals surface area contributed by atoms with E-state index in [9.17, 15) is 0 Å². The van der Waals surface area contributed by atoms with Crippen LogP contribution < -0.4 is 10.1 Å². The number of benzene rings is 1. The maximum absolute atomic E-state index is 5.44.